The Balaban J connectivity index is 1.75. The van der Waals surface area contributed by atoms with E-state index in [1.807, 2.05) is 18.2 Å². The number of hydrogen-bond acceptors (Lipinski definition) is 4. The molecular formula is C11H13NO3. The summed E-state index contributed by atoms with van der Waals surface area (Å²) in [7, 11) is 0. The first-order chi connectivity index (χ1) is 7.42. The Kier molecular flexibility index (Phi) is 2.14. The van der Waals surface area contributed by atoms with Crippen molar-refractivity contribution in [1.29, 1.82) is 0 Å². The molecule has 15 heavy (non-hydrogen) atoms. The first-order valence-electron chi connectivity index (χ1n) is 5.19. The lowest BCUT2D eigenvalue weighted by molar-refractivity contribution is 0.173. The molecule has 80 valence electrons. The third-order valence-electron chi connectivity index (χ3n) is 2.66. The summed E-state index contributed by atoms with van der Waals surface area (Å²) in [4.78, 5) is 0. The summed E-state index contributed by atoms with van der Waals surface area (Å²) >= 11 is 0. The number of hydrogen-bond donors (Lipinski definition) is 1. The molecule has 0 spiro atoms. The van der Waals surface area contributed by atoms with Gasteiger partial charge in [-0.25, -0.2) is 0 Å². The average Bonchev–Trinajstić information content (AvgIpc) is 2.87. The van der Waals surface area contributed by atoms with Gasteiger partial charge in [-0.2, -0.15) is 0 Å². The highest BCUT2D eigenvalue weighted by Crippen LogP contribution is 2.35. The number of fused-ring (bicyclic) bond motifs is 1. The summed E-state index contributed by atoms with van der Waals surface area (Å²) in [5, 5.41) is 3.26. The number of rotatable bonds is 2. The maximum atomic E-state index is 5.80. The first-order valence-corrected chi connectivity index (χ1v) is 5.19. The molecule has 0 saturated carbocycles. The number of nitrogens with one attached hydrogen (secondary N) is 1. The monoisotopic (exact) mass is 207 g/mol. The van der Waals surface area contributed by atoms with Gasteiger partial charge in [0.1, 0.15) is 11.9 Å². The van der Waals surface area contributed by atoms with Crippen molar-refractivity contribution >= 4 is 0 Å². The van der Waals surface area contributed by atoms with Gasteiger partial charge in [-0.15, -0.1) is 0 Å². The Morgan fingerprint density at radius 3 is 3.07 bits per heavy atom. The Morgan fingerprint density at radius 2 is 2.20 bits per heavy atom. The van der Waals surface area contributed by atoms with Gasteiger partial charge in [-0.3, -0.25) is 0 Å². The first kappa shape index (κ1) is 8.85. The van der Waals surface area contributed by atoms with E-state index in [4.69, 9.17) is 14.2 Å². The van der Waals surface area contributed by atoms with Gasteiger partial charge in [0, 0.05) is 12.6 Å². The van der Waals surface area contributed by atoms with E-state index >= 15 is 0 Å². The van der Waals surface area contributed by atoms with Crippen molar-refractivity contribution in [2.75, 3.05) is 19.9 Å². The molecule has 0 aliphatic carbocycles. The van der Waals surface area contributed by atoms with Crippen LogP contribution in [0.15, 0.2) is 18.2 Å². The number of ether oxygens (including phenoxy) is 3. The molecule has 2 heterocycles. The maximum absolute atomic E-state index is 5.80. The van der Waals surface area contributed by atoms with E-state index in [1.165, 1.54) is 0 Å². The van der Waals surface area contributed by atoms with Crippen molar-refractivity contribution in [3.05, 3.63) is 18.2 Å². The van der Waals surface area contributed by atoms with Crippen molar-refractivity contribution < 1.29 is 14.2 Å². The zero-order chi connectivity index (χ0) is 10.1. The molecule has 2 aliphatic rings. The van der Waals surface area contributed by atoms with Crippen LogP contribution in [0.4, 0.5) is 0 Å². The third-order valence-corrected chi connectivity index (χ3v) is 2.66. The normalized spacial score (nSPS) is 23.1. The smallest absolute Gasteiger partial charge is 0.231 e. The second-order valence-electron chi connectivity index (χ2n) is 3.75. The van der Waals surface area contributed by atoms with E-state index in [2.05, 4.69) is 5.32 Å². The molecule has 1 saturated heterocycles. The SMILES string of the molecule is c1cc2c(cc1OC1CCNC1)OCO2. The summed E-state index contributed by atoms with van der Waals surface area (Å²) < 4.78 is 16.3. The molecule has 1 unspecified atom stereocenters. The van der Waals surface area contributed by atoms with Crippen LogP contribution in [0.3, 0.4) is 0 Å². The topological polar surface area (TPSA) is 39.7 Å². The molecule has 1 N–H and O–H groups in total. The average molecular weight is 207 g/mol. The molecule has 1 aromatic rings. The van der Waals surface area contributed by atoms with Crippen molar-refractivity contribution in [2.45, 2.75) is 12.5 Å². The van der Waals surface area contributed by atoms with Gasteiger partial charge in [0.25, 0.3) is 0 Å². The molecule has 3 rings (SSSR count). The van der Waals surface area contributed by atoms with Crippen LogP contribution in [0, 0.1) is 0 Å². The van der Waals surface area contributed by atoms with Gasteiger partial charge in [-0.05, 0) is 25.1 Å². The molecule has 4 nitrogen and oxygen atoms in total. The highest BCUT2D eigenvalue weighted by molar-refractivity contribution is 5.46. The molecule has 1 fully saturated rings. The predicted molar refractivity (Wildman–Crippen MR) is 54.5 cm³/mol. The van der Waals surface area contributed by atoms with Crippen LogP contribution in [-0.4, -0.2) is 26.0 Å². The third kappa shape index (κ3) is 1.72. The van der Waals surface area contributed by atoms with Crippen LogP contribution in [0.2, 0.25) is 0 Å². The summed E-state index contributed by atoms with van der Waals surface area (Å²) in [5.74, 6) is 2.43. The van der Waals surface area contributed by atoms with E-state index in [9.17, 15) is 0 Å². The standard InChI is InChI=1S/C11H13NO3/c1-2-10-11(14-7-13-10)5-8(1)15-9-3-4-12-6-9/h1-2,5,9,12H,3-4,6-7H2. The van der Waals surface area contributed by atoms with Crippen molar-refractivity contribution in [2.24, 2.45) is 0 Å². The zero-order valence-electron chi connectivity index (χ0n) is 8.36. The minimum absolute atomic E-state index is 0.283. The van der Waals surface area contributed by atoms with Crippen LogP contribution in [-0.2, 0) is 0 Å². The van der Waals surface area contributed by atoms with Crippen LogP contribution in [0.25, 0.3) is 0 Å². The molecular weight excluding hydrogens is 194 g/mol. The van der Waals surface area contributed by atoms with Crippen LogP contribution in [0.1, 0.15) is 6.42 Å². The Bertz CT molecular complexity index is 361. The summed E-state index contributed by atoms with van der Waals surface area (Å²) in [6.45, 7) is 2.27. The summed E-state index contributed by atoms with van der Waals surface area (Å²) in [6, 6.07) is 5.70. The molecule has 4 heteroatoms. The van der Waals surface area contributed by atoms with E-state index in [0.29, 0.717) is 6.79 Å². The maximum Gasteiger partial charge on any atom is 0.231 e. The minimum atomic E-state index is 0.283. The minimum Gasteiger partial charge on any atom is -0.489 e. The predicted octanol–water partition coefficient (Wildman–Crippen LogP) is 1.16. The molecule has 1 aromatic carbocycles. The van der Waals surface area contributed by atoms with E-state index in [0.717, 1.165) is 36.8 Å². The van der Waals surface area contributed by atoms with Gasteiger partial charge in [0.05, 0.1) is 0 Å². The van der Waals surface area contributed by atoms with Crippen LogP contribution < -0.4 is 19.5 Å². The van der Waals surface area contributed by atoms with Crippen molar-refractivity contribution in [1.82, 2.24) is 5.32 Å². The van der Waals surface area contributed by atoms with E-state index in [-0.39, 0.29) is 6.10 Å². The van der Waals surface area contributed by atoms with Gasteiger partial charge >= 0.3 is 0 Å². The van der Waals surface area contributed by atoms with Crippen molar-refractivity contribution in [3.63, 3.8) is 0 Å². The molecule has 0 bridgehead atoms. The second kappa shape index (κ2) is 3.62. The quantitative estimate of drug-likeness (QED) is 0.789. The van der Waals surface area contributed by atoms with Gasteiger partial charge in [0.15, 0.2) is 11.5 Å². The largest absolute Gasteiger partial charge is 0.489 e. The van der Waals surface area contributed by atoms with Crippen LogP contribution >= 0.6 is 0 Å². The second-order valence-corrected chi connectivity index (χ2v) is 3.75. The Morgan fingerprint density at radius 1 is 1.27 bits per heavy atom. The molecule has 1 atom stereocenters. The molecule has 0 amide bonds. The lowest BCUT2D eigenvalue weighted by Gasteiger charge is -2.12. The highest BCUT2D eigenvalue weighted by atomic mass is 16.7. The Hall–Kier alpha value is -1.42. The lowest BCUT2D eigenvalue weighted by atomic mass is 10.3. The Labute approximate surface area is 88.1 Å². The van der Waals surface area contributed by atoms with E-state index < -0.39 is 0 Å². The summed E-state index contributed by atoms with van der Waals surface area (Å²) in [5.41, 5.74) is 0. The summed E-state index contributed by atoms with van der Waals surface area (Å²) in [6.07, 6.45) is 1.35. The van der Waals surface area contributed by atoms with Crippen LogP contribution in [0.5, 0.6) is 17.2 Å². The number of benzene rings is 1. The molecule has 0 aromatic heterocycles. The van der Waals surface area contributed by atoms with Gasteiger partial charge in [0.2, 0.25) is 6.79 Å². The molecule has 0 radical (unpaired) electrons. The molecule has 2 aliphatic heterocycles. The lowest BCUT2D eigenvalue weighted by Crippen LogP contribution is -2.19. The fraction of sp³-hybridized carbons (Fsp3) is 0.455. The fourth-order valence-electron chi connectivity index (χ4n) is 1.87. The van der Waals surface area contributed by atoms with Gasteiger partial charge in [-0.1, -0.05) is 0 Å². The van der Waals surface area contributed by atoms with E-state index in [1.54, 1.807) is 0 Å². The highest BCUT2D eigenvalue weighted by Gasteiger charge is 2.18. The van der Waals surface area contributed by atoms with Gasteiger partial charge < -0.3 is 19.5 Å². The van der Waals surface area contributed by atoms with Crippen molar-refractivity contribution in [3.8, 4) is 17.2 Å². The zero-order valence-corrected chi connectivity index (χ0v) is 8.36. The fourth-order valence-corrected chi connectivity index (χ4v) is 1.87.